The Balaban J connectivity index is 3.38. The average molecular weight is 614 g/mol. The van der Waals surface area contributed by atoms with E-state index in [2.05, 4.69) is 27.7 Å². The summed E-state index contributed by atoms with van der Waals surface area (Å²) in [5, 5.41) is 0. The first kappa shape index (κ1) is 42.0. The van der Waals surface area contributed by atoms with Crippen molar-refractivity contribution in [3.8, 4) is 0 Å². The normalized spacial score (nSPS) is 13.5. The van der Waals surface area contributed by atoms with Gasteiger partial charge in [-0.3, -0.25) is 0 Å². The minimum Gasteiger partial charge on any atom is -0.119 e. The highest BCUT2D eigenvalue weighted by Gasteiger charge is 2.23. The second kappa shape index (κ2) is 35.5. The van der Waals surface area contributed by atoms with Crippen LogP contribution in [-0.2, 0) is 13.6 Å². The van der Waals surface area contributed by atoms with Crippen molar-refractivity contribution in [2.75, 3.05) is 13.2 Å². The summed E-state index contributed by atoms with van der Waals surface area (Å²) in [5.41, 5.74) is 0. The molecule has 0 aliphatic rings. The van der Waals surface area contributed by atoms with Gasteiger partial charge in [-0.15, -0.1) is 9.05 Å². The standard InChI is InChI=1S/C38H78O3P/c1-5-7-9-11-13-15-17-19-21-23-25-27-29-31-33-37(3)35-40-42(39)41-36-38(4)34-32-30-28-26-24-22-20-18-16-14-12-10-8-6-2/h37-38H,5-36H2,1-4H3/q+1. The lowest BCUT2D eigenvalue weighted by Crippen LogP contribution is -2.05. The fourth-order valence-electron chi connectivity index (χ4n) is 5.95. The van der Waals surface area contributed by atoms with Gasteiger partial charge in [0.1, 0.15) is 13.2 Å². The Morgan fingerprint density at radius 3 is 0.833 bits per heavy atom. The third kappa shape index (κ3) is 34.5. The highest BCUT2D eigenvalue weighted by molar-refractivity contribution is 7.33. The highest BCUT2D eigenvalue weighted by atomic mass is 31.1. The van der Waals surface area contributed by atoms with Gasteiger partial charge in [0.15, 0.2) is 0 Å². The lowest BCUT2D eigenvalue weighted by Gasteiger charge is -2.08. The van der Waals surface area contributed by atoms with Crippen LogP contribution in [0.4, 0.5) is 0 Å². The fourth-order valence-corrected chi connectivity index (χ4v) is 6.78. The van der Waals surface area contributed by atoms with Crippen LogP contribution in [0.5, 0.6) is 0 Å². The van der Waals surface area contributed by atoms with E-state index >= 15 is 0 Å². The summed E-state index contributed by atoms with van der Waals surface area (Å²) in [6.07, 6.45) is 41.4. The van der Waals surface area contributed by atoms with Crippen molar-refractivity contribution < 1.29 is 13.6 Å². The van der Waals surface area contributed by atoms with E-state index in [1.165, 1.54) is 180 Å². The van der Waals surface area contributed by atoms with E-state index in [1.54, 1.807) is 0 Å². The fraction of sp³-hybridized carbons (Fsp3) is 1.00. The van der Waals surface area contributed by atoms with Crippen LogP contribution in [0.2, 0.25) is 0 Å². The van der Waals surface area contributed by atoms with E-state index in [9.17, 15) is 4.57 Å². The monoisotopic (exact) mass is 614 g/mol. The third-order valence-electron chi connectivity index (χ3n) is 9.03. The van der Waals surface area contributed by atoms with Crippen molar-refractivity contribution in [3.05, 3.63) is 0 Å². The molecule has 0 spiro atoms. The maximum absolute atomic E-state index is 12.2. The minimum absolute atomic E-state index is 0.456. The van der Waals surface area contributed by atoms with E-state index in [1.807, 2.05) is 0 Å². The Morgan fingerprint density at radius 1 is 0.381 bits per heavy atom. The van der Waals surface area contributed by atoms with Gasteiger partial charge in [-0.05, 0) is 24.7 Å². The number of hydrogen-bond donors (Lipinski definition) is 0. The van der Waals surface area contributed by atoms with Crippen LogP contribution in [0.1, 0.15) is 220 Å². The first-order valence-electron chi connectivity index (χ1n) is 19.3. The first-order chi connectivity index (χ1) is 20.6. The Labute approximate surface area is 266 Å². The molecule has 42 heavy (non-hydrogen) atoms. The number of hydrogen-bond acceptors (Lipinski definition) is 3. The molecule has 0 N–H and O–H groups in total. The molecule has 0 heterocycles. The lowest BCUT2D eigenvalue weighted by atomic mass is 10.0. The molecule has 2 atom stereocenters. The van der Waals surface area contributed by atoms with Gasteiger partial charge in [0, 0.05) is 4.57 Å². The molecule has 0 aromatic carbocycles. The molecular formula is C38H78O3P+. The predicted molar refractivity (Wildman–Crippen MR) is 188 cm³/mol. The summed E-state index contributed by atoms with van der Waals surface area (Å²) in [6, 6.07) is 0. The molecule has 252 valence electrons. The van der Waals surface area contributed by atoms with Crippen molar-refractivity contribution in [2.24, 2.45) is 11.8 Å². The van der Waals surface area contributed by atoms with Gasteiger partial charge in [-0.2, -0.15) is 0 Å². The van der Waals surface area contributed by atoms with Crippen LogP contribution in [0.3, 0.4) is 0 Å². The predicted octanol–water partition coefficient (Wildman–Crippen LogP) is 14.7. The van der Waals surface area contributed by atoms with Crippen molar-refractivity contribution in [1.29, 1.82) is 0 Å². The molecule has 0 aromatic heterocycles. The topological polar surface area (TPSA) is 35.5 Å². The van der Waals surface area contributed by atoms with Gasteiger partial charge < -0.3 is 0 Å². The van der Waals surface area contributed by atoms with E-state index in [4.69, 9.17) is 9.05 Å². The zero-order valence-corrected chi connectivity index (χ0v) is 30.3. The smallest absolute Gasteiger partial charge is 0.119 e. The highest BCUT2D eigenvalue weighted by Crippen LogP contribution is 2.27. The summed E-state index contributed by atoms with van der Waals surface area (Å²) in [6.45, 7) is 10.1. The van der Waals surface area contributed by atoms with Crippen LogP contribution in [0.15, 0.2) is 0 Å². The zero-order chi connectivity index (χ0) is 30.8. The summed E-state index contributed by atoms with van der Waals surface area (Å²) < 4.78 is 23.2. The Kier molecular flexibility index (Phi) is 35.5. The molecule has 0 radical (unpaired) electrons. The summed E-state index contributed by atoms with van der Waals surface area (Å²) in [4.78, 5) is 0. The summed E-state index contributed by atoms with van der Waals surface area (Å²) >= 11 is 0. The van der Waals surface area contributed by atoms with Gasteiger partial charge >= 0.3 is 8.25 Å². The van der Waals surface area contributed by atoms with E-state index < -0.39 is 8.25 Å². The SMILES string of the molecule is CCCCCCCCCCCCCCCCC(C)CO[P+](=O)OCC(C)CCCCCCCCCCCCCCCC. The Bertz CT molecular complexity index is 482. The molecule has 0 saturated heterocycles. The van der Waals surface area contributed by atoms with Crippen LogP contribution >= 0.6 is 8.25 Å². The molecule has 0 aliphatic heterocycles. The molecule has 0 aliphatic carbocycles. The van der Waals surface area contributed by atoms with E-state index in [-0.39, 0.29) is 0 Å². The first-order valence-corrected chi connectivity index (χ1v) is 20.4. The minimum atomic E-state index is -1.97. The molecular weight excluding hydrogens is 535 g/mol. The van der Waals surface area contributed by atoms with Gasteiger partial charge in [0.25, 0.3) is 0 Å². The number of rotatable bonds is 36. The second-order valence-electron chi connectivity index (χ2n) is 13.8. The van der Waals surface area contributed by atoms with E-state index in [0.717, 1.165) is 12.8 Å². The van der Waals surface area contributed by atoms with E-state index in [0.29, 0.717) is 25.0 Å². The van der Waals surface area contributed by atoms with Crippen LogP contribution in [0.25, 0.3) is 0 Å². The summed E-state index contributed by atoms with van der Waals surface area (Å²) in [5.74, 6) is 0.913. The van der Waals surface area contributed by atoms with Gasteiger partial charge in [0.05, 0.1) is 0 Å². The van der Waals surface area contributed by atoms with Crippen LogP contribution in [0, 0.1) is 11.8 Å². The maximum Gasteiger partial charge on any atom is 0.697 e. The molecule has 2 unspecified atom stereocenters. The van der Waals surface area contributed by atoms with Gasteiger partial charge in [-0.25, -0.2) is 0 Å². The van der Waals surface area contributed by atoms with Gasteiger partial charge in [0.2, 0.25) is 0 Å². The molecule has 0 amide bonds. The lowest BCUT2D eigenvalue weighted by molar-refractivity contribution is 0.178. The number of unbranched alkanes of at least 4 members (excludes halogenated alkanes) is 26. The Hall–Kier alpha value is 0.0200. The molecule has 4 heteroatoms. The third-order valence-corrected chi connectivity index (χ3v) is 9.75. The van der Waals surface area contributed by atoms with Crippen molar-refractivity contribution >= 4 is 8.25 Å². The summed E-state index contributed by atoms with van der Waals surface area (Å²) in [7, 11) is -1.97. The molecule has 0 saturated carbocycles. The molecule has 0 rings (SSSR count). The average Bonchev–Trinajstić information content (AvgIpc) is 2.99. The van der Waals surface area contributed by atoms with Gasteiger partial charge in [-0.1, -0.05) is 207 Å². The molecule has 3 nitrogen and oxygen atoms in total. The maximum atomic E-state index is 12.2. The van der Waals surface area contributed by atoms with Crippen LogP contribution in [-0.4, -0.2) is 13.2 Å². The van der Waals surface area contributed by atoms with Crippen LogP contribution < -0.4 is 0 Å². The van der Waals surface area contributed by atoms with Crippen molar-refractivity contribution in [1.82, 2.24) is 0 Å². The molecule has 0 fully saturated rings. The quantitative estimate of drug-likeness (QED) is 0.0521. The largest absolute Gasteiger partial charge is 0.697 e. The van der Waals surface area contributed by atoms with Crippen molar-refractivity contribution in [2.45, 2.75) is 220 Å². The van der Waals surface area contributed by atoms with Crippen molar-refractivity contribution in [3.63, 3.8) is 0 Å². The molecule has 0 aromatic rings. The Morgan fingerprint density at radius 2 is 0.595 bits per heavy atom. The second-order valence-corrected chi connectivity index (χ2v) is 14.8. The molecule has 0 bridgehead atoms. The zero-order valence-electron chi connectivity index (χ0n) is 29.5.